The monoisotopic (exact) mass is 212 g/mol. The molecule has 0 spiro atoms. The molecule has 0 heterocycles. The second kappa shape index (κ2) is 3.61. The number of methoxy groups -OCH3 is 1. The minimum Gasteiger partial charge on any atom is -0.469 e. The summed E-state index contributed by atoms with van der Waals surface area (Å²) in [7, 11) is 1.27. The molecule has 0 bridgehead atoms. The minimum absolute atomic E-state index is 0.00731. The van der Waals surface area contributed by atoms with Gasteiger partial charge in [0.05, 0.1) is 13.0 Å². The van der Waals surface area contributed by atoms with Crippen LogP contribution in [0.15, 0.2) is 18.2 Å². The summed E-state index contributed by atoms with van der Waals surface area (Å²) in [6.07, 6.45) is 0.463. The van der Waals surface area contributed by atoms with Gasteiger partial charge >= 0.3 is 5.97 Å². The Balaban J connectivity index is 2.23. The Morgan fingerprint density at radius 2 is 2.00 bits per heavy atom. The number of halogens is 2. The largest absolute Gasteiger partial charge is 0.469 e. The highest BCUT2D eigenvalue weighted by atomic mass is 19.1. The molecule has 0 radical (unpaired) electrons. The van der Waals surface area contributed by atoms with Crippen molar-refractivity contribution in [3.8, 4) is 0 Å². The third kappa shape index (κ3) is 1.71. The first-order valence-corrected chi connectivity index (χ1v) is 4.67. The van der Waals surface area contributed by atoms with Gasteiger partial charge in [0.25, 0.3) is 0 Å². The van der Waals surface area contributed by atoms with Crippen molar-refractivity contribution in [3.05, 3.63) is 35.4 Å². The standard InChI is InChI=1S/C11H10F2O2/c1-15-11(14)7-5-6(7)10-8(12)3-2-4-9(10)13/h2-4,6-7H,5H2,1H3/t6-,7-/m0/s1. The van der Waals surface area contributed by atoms with Gasteiger partial charge in [0.15, 0.2) is 0 Å². The van der Waals surface area contributed by atoms with E-state index in [1.165, 1.54) is 25.3 Å². The molecule has 2 nitrogen and oxygen atoms in total. The quantitative estimate of drug-likeness (QED) is 0.703. The zero-order valence-corrected chi connectivity index (χ0v) is 8.17. The fourth-order valence-electron chi connectivity index (χ4n) is 1.79. The topological polar surface area (TPSA) is 26.3 Å². The number of rotatable bonds is 2. The Labute approximate surface area is 85.9 Å². The molecule has 0 amide bonds. The number of hydrogen-bond acceptors (Lipinski definition) is 2. The smallest absolute Gasteiger partial charge is 0.309 e. The van der Waals surface area contributed by atoms with Crippen LogP contribution in [0, 0.1) is 17.6 Å². The normalized spacial score (nSPS) is 23.7. The maximum Gasteiger partial charge on any atom is 0.309 e. The van der Waals surface area contributed by atoms with E-state index in [1.807, 2.05) is 0 Å². The van der Waals surface area contributed by atoms with Gasteiger partial charge < -0.3 is 4.74 Å². The van der Waals surface area contributed by atoms with Crippen molar-refractivity contribution in [3.63, 3.8) is 0 Å². The van der Waals surface area contributed by atoms with Crippen molar-refractivity contribution in [1.29, 1.82) is 0 Å². The van der Waals surface area contributed by atoms with Crippen LogP contribution in [0.4, 0.5) is 8.78 Å². The van der Waals surface area contributed by atoms with Crippen LogP contribution in [0.2, 0.25) is 0 Å². The molecule has 0 saturated heterocycles. The number of hydrogen-bond donors (Lipinski definition) is 0. The van der Waals surface area contributed by atoms with Gasteiger partial charge in [-0.25, -0.2) is 8.78 Å². The van der Waals surface area contributed by atoms with E-state index in [1.54, 1.807) is 0 Å². The predicted octanol–water partition coefficient (Wildman–Crippen LogP) is 2.24. The Bertz CT molecular complexity index is 383. The highest BCUT2D eigenvalue weighted by molar-refractivity contribution is 5.77. The van der Waals surface area contributed by atoms with Crippen LogP contribution in [0.5, 0.6) is 0 Å². The van der Waals surface area contributed by atoms with Crippen LogP contribution in [0.3, 0.4) is 0 Å². The number of ether oxygens (including phenoxy) is 1. The number of carbonyl (C=O) groups is 1. The first-order valence-electron chi connectivity index (χ1n) is 4.67. The minimum atomic E-state index is -0.591. The highest BCUT2D eigenvalue weighted by Crippen LogP contribution is 2.49. The number of benzene rings is 1. The molecule has 15 heavy (non-hydrogen) atoms. The van der Waals surface area contributed by atoms with E-state index in [-0.39, 0.29) is 17.4 Å². The van der Waals surface area contributed by atoms with E-state index in [0.29, 0.717) is 6.42 Å². The molecule has 1 aromatic carbocycles. The van der Waals surface area contributed by atoms with Gasteiger partial charge in [-0.15, -0.1) is 0 Å². The van der Waals surface area contributed by atoms with E-state index >= 15 is 0 Å². The van der Waals surface area contributed by atoms with Gasteiger partial charge in [-0.05, 0) is 18.6 Å². The fourth-order valence-corrected chi connectivity index (χ4v) is 1.79. The summed E-state index contributed by atoms with van der Waals surface area (Å²) in [4.78, 5) is 11.1. The van der Waals surface area contributed by atoms with E-state index in [0.717, 1.165) is 0 Å². The summed E-state index contributed by atoms with van der Waals surface area (Å²) < 4.78 is 31.1. The van der Waals surface area contributed by atoms with E-state index in [9.17, 15) is 13.6 Å². The molecule has 0 aliphatic heterocycles. The summed E-state index contributed by atoms with van der Waals surface area (Å²) in [5.41, 5.74) is 0.00731. The van der Waals surface area contributed by atoms with Crippen LogP contribution < -0.4 is 0 Å². The van der Waals surface area contributed by atoms with Crippen molar-refractivity contribution < 1.29 is 18.3 Å². The van der Waals surface area contributed by atoms with Gasteiger partial charge in [0.2, 0.25) is 0 Å². The van der Waals surface area contributed by atoms with Crippen molar-refractivity contribution >= 4 is 5.97 Å². The number of carbonyl (C=O) groups excluding carboxylic acids is 1. The summed E-state index contributed by atoms with van der Waals surface area (Å²) in [5.74, 6) is -2.33. The molecule has 1 aliphatic carbocycles. The molecule has 1 fully saturated rings. The molecular weight excluding hydrogens is 202 g/mol. The van der Waals surface area contributed by atoms with Gasteiger partial charge in [-0.1, -0.05) is 6.07 Å². The van der Waals surface area contributed by atoms with Crippen molar-refractivity contribution in [2.24, 2.45) is 5.92 Å². The molecule has 80 valence electrons. The van der Waals surface area contributed by atoms with Crippen molar-refractivity contribution in [2.45, 2.75) is 12.3 Å². The van der Waals surface area contributed by atoms with Crippen LogP contribution in [-0.4, -0.2) is 13.1 Å². The molecule has 1 saturated carbocycles. The average Bonchev–Trinajstić information content (AvgIpc) is 2.96. The van der Waals surface area contributed by atoms with Crippen molar-refractivity contribution in [1.82, 2.24) is 0 Å². The average molecular weight is 212 g/mol. The second-order valence-corrected chi connectivity index (χ2v) is 3.61. The van der Waals surface area contributed by atoms with Gasteiger partial charge in [0.1, 0.15) is 11.6 Å². The summed E-state index contributed by atoms with van der Waals surface area (Å²) >= 11 is 0. The lowest BCUT2D eigenvalue weighted by atomic mass is 10.1. The summed E-state index contributed by atoms with van der Waals surface area (Å²) in [5, 5.41) is 0. The van der Waals surface area contributed by atoms with E-state index in [2.05, 4.69) is 4.74 Å². The molecule has 2 atom stereocenters. The Morgan fingerprint density at radius 1 is 1.40 bits per heavy atom. The molecule has 2 rings (SSSR count). The molecule has 0 aromatic heterocycles. The summed E-state index contributed by atoms with van der Waals surface area (Å²) in [6.45, 7) is 0. The zero-order valence-electron chi connectivity index (χ0n) is 8.17. The molecule has 0 unspecified atom stereocenters. The Morgan fingerprint density at radius 3 is 2.53 bits per heavy atom. The van der Waals surface area contributed by atoms with E-state index in [4.69, 9.17) is 0 Å². The van der Waals surface area contributed by atoms with Crippen molar-refractivity contribution in [2.75, 3.05) is 7.11 Å². The van der Waals surface area contributed by atoms with Crippen LogP contribution in [0.25, 0.3) is 0 Å². The molecule has 0 N–H and O–H groups in total. The third-order valence-corrected chi connectivity index (χ3v) is 2.66. The lowest BCUT2D eigenvalue weighted by Gasteiger charge is -2.03. The van der Waals surface area contributed by atoms with Crippen LogP contribution in [0.1, 0.15) is 17.9 Å². The van der Waals surface area contributed by atoms with Gasteiger partial charge in [0, 0.05) is 11.5 Å². The van der Waals surface area contributed by atoms with E-state index < -0.39 is 17.6 Å². The number of esters is 1. The third-order valence-electron chi connectivity index (χ3n) is 2.66. The molecule has 1 aromatic rings. The Kier molecular flexibility index (Phi) is 2.42. The zero-order chi connectivity index (χ0) is 11.0. The predicted molar refractivity (Wildman–Crippen MR) is 49.2 cm³/mol. The lowest BCUT2D eigenvalue weighted by molar-refractivity contribution is -0.142. The molecular formula is C11H10F2O2. The maximum atomic E-state index is 13.3. The van der Waals surface area contributed by atoms with Crippen LogP contribution >= 0.6 is 0 Å². The maximum absolute atomic E-state index is 13.3. The highest BCUT2D eigenvalue weighted by Gasteiger charge is 2.47. The first-order chi connectivity index (χ1) is 7.15. The van der Waals surface area contributed by atoms with Crippen LogP contribution in [-0.2, 0) is 9.53 Å². The first kappa shape index (κ1) is 10.1. The lowest BCUT2D eigenvalue weighted by Crippen LogP contribution is -2.05. The van der Waals surface area contributed by atoms with Gasteiger partial charge in [-0.2, -0.15) is 0 Å². The van der Waals surface area contributed by atoms with Gasteiger partial charge in [-0.3, -0.25) is 4.79 Å². The molecule has 1 aliphatic rings. The Hall–Kier alpha value is -1.45. The summed E-state index contributed by atoms with van der Waals surface area (Å²) in [6, 6.07) is 3.71. The molecule has 4 heteroatoms. The SMILES string of the molecule is COC(=O)[C@H]1C[C@@H]1c1c(F)cccc1F. The fraction of sp³-hybridized carbons (Fsp3) is 0.364. The second-order valence-electron chi connectivity index (χ2n) is 3.61.